The number of alkyl halides is 3. The molecule has 0 saturated carbocycles. The number of halogens is 3. The minimum Gasteiger partial charge on any atom is -0.490 e. The lowest BCUT2D eigenvalue weighted by Crippen LogP contribution is -2.42. The quantitative estimate of drug-likeness (QED) is 0.839. The van der Waals surface area contributed by atoms with E-state index >= 15 is 0 Å². The molecule has 0 spiro atoms. The van der Waals surface area contributed by atoms with E-state index in [2.05, 4.69) is 5.32 Å². The van der Waals surface area contributed by atoms with Gasteiger partial charge in [-0.2, -0.15) is 13.2 Å². The predicted octanol–water partition coefficient (Wildman–Crippen LogP) is 2.44. The van der Waals surface area contributed by atoms with E-state index in [1.165, 1.54) is 25.1 Å². The fourth-order valence-corrected chi connectivity index (χ4v) is 1.51. The molecule has 0 bridgehead atoms. The lowest BCUT2D eigenvalue weighted by molar-refractivity contribution is -0.139. The Labute approximate surface area is 110 Å². The molecule has 0 aromatic heterocycles. The predicted molar refractivity (Wildman–Crippen MR) is 66.1 cm³/mol. The monoisotopic (exact) mass is 277 g/mol. The second kappa shape index (κ2) is 6.25. The molecule has 19 heavy (non-hydrogen) atoms. The van der Waals surface area contributed by atoms with E-state index in [0.29, 0.717) is 6.54 Å². The molecule has 2 N–H and O–H groups in total. The maximum atomic E-state index is 12.7. The molecule has 0 aliphatic carbocycles. The molecule has 0 radical (unpaired) electrons. The van der Waals surface area contributed by atoms with Crippen molar-refractivity contribution in [1.29, 1.82) is 0 Å². The van der Waals surface area contributed by atoms with Crippen LogP contribution in [0.15, 0.2) is 24.3 Å². The maximum Gasteiger partial charge on any atom is 0.419 e. The minimum atomic E-state index is -4.47. The first-order valence-electron chi connectivity index (χ1n) is 5.98. The molecule has 1 atom stereocenters. The van der Waals surface area contributed by atoms with Crippen LogP contribution in [0.4, 0.5) is 13.2 Å². The highest BCUT2D eigenvalue weighted by Crippen LogP contribution is 2.36. The highest BCUT2D eigenvalue weighted by Gasteiger charge is 2.34. The second-order valence-corrected chi connectivity index (χ2v) is 4.56. The Bertz CT molecular complexity index is 405. The molecule has 0 aliphatic rings. The summed E-state index contributed by atoms with van der Waals surface area (Å²) in [5.74, 6) is -0.272. The molecular weight excluding hydrogens is 259 g/mol. The largest absolute Gasteiger partial charge is 0.490 e. The van der Waals surface area contributed by atoms with Crippen LogP contribution in [0.25, 0.3) is 0 Å². The number of nitrogens with one attached hydrogen (secondary N) is 1. The summed E-state index contributed by atoms with van der Waals surface area (Å²) in [7, 11) is 0. The highest BCUT2D eigenvalue weighted by molar-refractivity contribution is 5.35. The second-order valence-electron chi connectivity index (χ2n) is 4.56. The van der Waals surface area contributed by atoms with Gasteiger partial charge in [-0.05, 0) is 25.6 Å². The molecule has 0 fully saturated rings. The van der Waals surface area contributed by atoms with E-state index in [9.17, 15) is 18.3 Å². The average molecular weight is 277 g/mol. The number of para-hydroxylation sites is 1. The van der Waals surface area contributed by atoms with Gasteiger partial charge in [-0.3, -0.25) is 0 Å². The lowest BCUT2D eigenvalue weighted by atomic mass is 10.1. The SMILES string of the molecule is CCNCC(C)(O)COc1ccccc1C(F)(F)F. The van der Waals surface area contributed by atoms with Gasteiger partial charge in [0.2, 0.25) is 0 Å². The van der Waals surface area contributed by atoms with Gasteiger partial charge in [-0.15, -0.1) is 0 Å². The standard InChI is InChI=1S/C13H18F3NO2/c1-3-17-8-12(2,18)9-19-11-7-5-4-6-10(11)13(14,15)16/h4-7,17-18H,3,8-9H2,1-2H3. The van der Waals surface area contributed by atoms with Gasteiger partial charge in [0.1, 0.15) is 18.0 Å². The van der Waals surface area contributed by atoms with Gasteiger partial charge in [0, 0.05) is 6.54 Å². The summed E-state index contributed by atoms with van der Waals surface area (Å²) in [6.07, 6.45) is -4.47. The van der Waals surface area contributed by atoms with Gasteiger partial charge in [0.15, 0.2) is 0 Å². The van der Waals surface area contributed by atoms with Gasteiger partial charge >= 0.3 is 6.18 Å². The zero-order valence-electron chi connectivity index (χ0n) is 10.9. The van der Waals surface area contributed by atoms with Crippen LogP contribution in [0.1, 0.15) is 19.4 Å². The summed E-state index contributed by atoms with van der Waals surface area (Å²) >= 11 is 0. The number of hydrogen-bond acceptors (Lipinski definition) is 3. The molecule has 1 unspecified atom stereocenters. The summed E-state index contributed by atoms with van der Waals surface area (Å²) in [4.78, 5) is 0. The van der Waals surface area contributed by atoms with Crippen molar-refractivity contribution in [1.82, 2.24) is 5.32 Å². The van der Waals surface area contributed by atoms with E-state index < -0.39 is 17.3 Å². The number of likely N-dealkylation sites (N-methyl/N-ethyl adjacent to an activating group) is 1. The van der Waals surface area contributed by atoms with E-state index in [0.717, 1.165) is 6.07 Å². The van der Waals surface area contributed by atoms with Crippen molar-refractivity contribution in [3.8, 4) is 5.75 Å². The maximum absolute atomic E-state index is 12.7. The first-order valence-corrected chi connectivity index (χ1v) is 5.98. The Balaban J connectivity index is 2.73. The molecule has 0 heterocycles. The number of rotatable bonds is 6. The summed E-state index contributed by atoms with van der Waals surface area (Å²) in [6, 6.07) is 4.95. The van der Waals surface area contributed by atoms with E-state index in [1.54, 1.807) is 0 Å². The van der Waals surface area contributed by atoms with Gasteiger partial charge in [0.25, 0.3) is 0 Å². The first kappa shape index (κ1) is 15.8. The molecule has 0 amide bonds. The fourth-order valence-electron chi connectivity index (χ4n) is 1.51. The van der Waals surface area contributed by atoms with Crippen LogP contribution >= 0.6 is 0 Å². The van der Waals surface area contributed by atoms with Crippen molar-refractivity contribution >= 4 is 0 Å². The van der Waals surface area contributed by atoms with Gasteiger partial charge in [-0.1, -0.05) is 19.1 Å². The zero-order chi connectivity index (χ0) is 14.5. The van der Waals surface area contributed by atoms with E-state index in [-0.39, 0.29) is 18.9 Å². The summed E-state index contributed by atoms with van der Waals surface area (Å²) in [6.45, 7) is 4.07. The van der Waals surface area contributed by atoms with Crippen molar-refractivity contribution in [2.75, 3.05) is 19.7 Å². The van der Waals surface area contributed by atoms with Crippen LogP contribution in [0, 0.1) is 0 Å². The Morgan fingerprint density at radius 3 is 2.47 bits per heavy atom. The van der Waals surface area contributed by atoms with Gasteiger partial charge < -0.3 is 15.2 Å². The molecule has 1 aromatic rings. The van der Waals surface area contributed by atoms with Crippen molar-refractivity contribution in [3.63, 3.8) is 0 Å². The zero-order valence-corrected chi connectivity index (χ0v) is 10.9. The van der Waals surface area contributed by atoms with Crippen LogP contribution < -0.4 is 10.1 Å². The van der Waals surface area contributed by atoms with E-state index in [1.807, 2.05) is 6.92 Å². The average Bonchev–Trinajstić information content (AvgIpc) is 2.33. The number of benzene rings is 1. The van der Waals surface area contributed by atoms with Crippen LogP contribution in [-0.4, -0.2) is 30.4 Å². The molecular formula is C13H18F3NO2. The molecule has 0 aliphatic heterocycles. The van der Waals surface area contributed by atoms with Gasteiger partial charge in [0.05, 0.1) is 5.56 Å². The number of ether oxygens (including phenoxy) is 1. The van der Waals surface area contributed by atoms with Crippen molar-refractivity contribution < 1.29 is 23.0 Å². The Kier molecular flexibility index (Phi) is 5.20. The first-order chi connectivity index (χ1) is 8.76. The number of hydrogen-bond donors (Lipinski definition) is 2. The fraction of sp³-hybridized carbons (Fsp3) is 0.538. The third-order valence-corrected chi connectivity index (χ3v) is 2.49. The number of aliphatic hydroxyl groups is 1. The molecule has 1 rings (SSSR count). The Morgan fingerprint density at radius 2 is 1.89 bits per heavy atom. The van der Waals surface area contributed by atoms with Crippen molar-refractivity contribution in [2.45, 2.75) is 25.6 Å². The normalized spacial score (nSPS) is 15.1. The molecule has 108 valence electrons. The third kappa shape index (κ3) is 5.08. The Morgan fingerprint density at radius 1 is 1.26 bits per heavy atom. The minimum absolute atomic E-state index is 0.215. The Hall–Kier alpha value is -1.27. The molecule has 1 aromatic carbocycles. The third-order valence-electron chi connectivity index (χ3n) is 2.49. The van der Waals surface area contributed by atoms with Crippen molar-refractivity contribution in [2.24, 2.45) is 0 Å². The van der Waals surface area contributed by atoms with Crippen LogP contribution in [-0.2, 0) is 6.18 Å². The molecule has 3 nitrogen and oxygen atoms in total. The molecule has 0 saturated heterocycles. The lowest BCUT2D eigenvalue weighted by Gasteiger charge is -2.24. The highest BCUT2D eigenvalue weighted by atomic mass is 19.4. The van der Waals surface area contributed by atoms with Crippen molar-refractivity contribution in [3.05, 3.63) is 29.8 Å². The molecule has 6 heteroatoms. The van der Waals surface area contributed by atoms with Gasteiger partial charge in [-0.25, -0.2) is 0 Å². The summed E-state index contributed by atoms with van der Waals surface area (Å²) in [5.41, 5.74) is -2.07. The van der Waals surface area contributed by atoms with E-state index in [4.69, 9.17) is 4.74 Å². The smallest absolute Gasteiger partial charge is 0.419 e. The summed E-state index contributed by atoms with van der Waals surface area (Å²) < 4.78 is 43.3. The van der Waals surface area contributed by atoms with Crippen LogP contribution in [0.2, 0.25) is 0 Å². The van der Waals surface area contributed by atoms with Crippen LogP contribution in [0.5, 0.6) is 5.75 Å². The van der Waals surface area contributed by atoms with Crippen LogP contribution in [0.3, 0.4) is 0 Å². The topological polar surface area (TPSA) is 41.5 Å². The summed E-state index contributed by atoms with van der Waals surface area (Å²) in [5, 5.41) is 12.8.